The van der Waals surface area contributed by atoms with Gasteiger partial charge in [0.1, 0.15) is 18.0 Å². The Morgan fingerprint density at radius 3 is 2.21 bits per heavy atom. The van der Waals surface area contributed by atoms with E-state index in [1.807, 2.05) is 51.1 Å². The molecule has 2 aliphatic rings. The number of carbonyl (C=O) groups is 3. The third kappa shape index (κ3) is 7.81. The number of alkyl carbamates (subject to hydrolysis) is 1. The van der Waals surface area contributed by atoms with Gasteiger partial charge in [0, 0.05) is 44.7 Å². The molecule has 0 radical (unpaired) electrons. The molecule has 10 nitrogen and oxygen atoms in total. The van der Waals surface area contributed by atoms with Crippen LogP contribution in [0.5, 0.6) is 0 Å². The quantitative estimate of drug-likeness (QED) is 0.494. The molecular formula is C29H41N5O5. The number of hydrogen-bond acceptors (Lipinski definition) is 7. The summed E-state index contributed by atoms with van der Waals surface area (Å²) in [4.78, 5) is 45.7. The number of fused-ring (bicyclic) bond motifs is 1. The minimum atomic E-state index is -0.503. The van der Waals surface area contributed by atoms with E-state index in [1.165, 1.54) is 0 Å². The Hall–Kier alpha value is -3.40. The van der Waals surface area contributed by atoms with Crippen molar-refractivity contribution in [2.24, 2.45) is 11.8 Å². The van der Waals surface area contributed by atoms with Crippen molar-refractivity contribution in [3.8, 4) is 0 Å². The van der Waals surface area contributed by atoms with Gasteiger partial charge in [-0.25, -0.2) is 9.78 Å². The molecular weight excluding hydrogens is 498 g/mol. The van der Waals surface area contributed by atoms with Crippen LogP contribution in [0.2, 0.25) is 0 Å². The first-order valence-corrected chi connectivity index (χ1v) is 13.9. The van der Waals surface area contributed by atoms with Crippen molar-refractivity contribution in [2.75, 3.05) is 50.8 Å². The summed E-state index contributed by atoms with van der Waals surface area (Å²) in [5.74, 6) is 1.15. The number of aromatic nitrogens is 1. The standard InChI is InChI=1S/C29H41N5O5/c1-29(2,3)39-28(38)31-18-21-10-8-20(9-11-21)17-30-27(37)23-16-25(32-24-7-5-4-6-22(23)24)33-12-14-34(15-13-33)26(36)19-35/h4-7,16,20-21,35H,8-15,17-19H2,1-3H3,(H,30,37)(H,31,38). The summed E-state index contributed by atoms with van der Waals surface area (Å²) in [5.41, 5.74) is 0.850. The smallest absolute Gasteiger partial charge is 0.407 e. The van der Waals surface area contributed by atoms with Crippen LogP contribution < -0.4 is 15.5 Å². The van der Waals surface area contributed by atoms with Gasteiger partial charge in [-0.1, -0.05) is 18.2 Å². The summed E-state index contributed by atoms with van der Waals surface area (Å²) in [6, 6.07) is 9.50. The lowest BCUT2D eigenvalue weighted by atomic mass is 9.82. The number of ether oxygens (including phenoxy) is 1. The molecule has 2 heterocycles. The number of nitrogens with one attached hydrogen (secondary N) is 2. The van der Waals surface area contributed by atoms with Crippen LogP contribution in [0.4, 0.5) is 10.6 Å². The molecule has 2 aromatic rings. The zero-order chi connectivity index (χ0) is 28.0. The highest BCUT2D eigenvalue weighted by Gasteiger charge is 2.25. The lowest BCUT2D eigenvalue weighted by molar-refractivity contribution is -0.134. The molecule has 1 saturated heterocycles. The molecule has 3 N–H and O–H groups in total. The van der Waals surface area contributed by atoms with E-state index >= 15 is 0 Å². The second kappa shape index (κ2) is 12.6. The number of nitrogens with zero attached hydrogens (tertiary/aromatic N) is 3. The number of aliphatic hydroxyl groups excluding tert-OH is 1. The molecule has 1 aromatic carbocycles. The fourth-order valence-corrected chi connectivity index (χ4v) is 5.31. The van der Waals surface area contributed by atoms with Crippen LogP contribution in [-0.4, -0.2) is 84.4 Å². The predicted molar refractivity (Wildman–Crippen MR) is 150 cm³/mol. The summed E-state index contributed by atoms with van der Waals surface area (Å²) in [6.45, 7) is 8.49. The summed E-state index contributed by atoms with van der Waals surface area (Å²) in [6.07, 6.45) is 3.63. The molecule has 0 bridgehead atoms. The van der Waals surface area contributed by atoms with Gasteiger partial charge in [-0.05, 0) is 70.4 Å². The van der Waals surface area contributed by atoms with Crippen molar-refractivity contribution in [3.05, 3.63) is 35.9 Å². The number of piperazine rings is 1. The predicted octanol–water partition coefficient (Wildman–Crippen LogP) is 2.94. The molecule has 212 valence electrons. The highest BCUT2D eigenvalue weighted by atomic mass is 16.6. The maximum atomic E-state index is 13.4. The molecule has 0 atom stereocenters. The molecule has 1 aromatic heterocycles. The van der Waals surface area contributed by atoms with E-state index < -0.39 is 12.2 Å². The summed E-state index contributed by atoms with van der Waals surface area (Å²) < 4.78 is 5.32. The molecule has 1 aliphatic carbocycles. The second-order valence-corrected chi connectivity index (χ2v) is 11.6. The molecule has 39 heavy (non-hydrogen) atoms. The van der Waals surface area contributed by atoms with Gasteiger partial charge in [0.05, 0.1) is 11.1 Å². The van der Waals surface area contributed by atoms with Gasteiger partial charge in [0.25, 0.3) is 5.91 Å². The normalized spacial score (nSPS) is 20.0. The average Bonchev–Trinajstić information content (AvgIpc) is 2.93. The average molecular weight is 540 g/mol. The molecule has 4 rings (SSSR count). The van der Waals surface area contributed by atoms with Crippen molar-refractivity contribution in [1.29, 1.82) is 0 Å². The minimum Gasteiger partial charge on any atom is -0.444 e. The van der Waals surface area contributed by atoms with Crippen molar-refractivity contribution in [3.63, 3.8) is 0 Å². The molecule has 3 amide bonds. The molecule has 2 fully saturated rings. The van der Waals surface area contributed by atoms with Gasteiger partial charge in [-0.3, -0.25) is 9.59 Å². The molecule has 0 unspecified atom stereocenters. The number of benzene rings is 1. The largest absolute Gasteiger partial charge is 0.444 e. The van der Waals surface area contributed by atoms with Crippen LogP contribution >= 0.6 is 0 Å². The maximum absolute atomic E-state index is 13.4. The first-order chi connectivity index (χ1) is 18.6. The number of hydrogen-bond donors (Lipinski definition) is 3. The molecule has 1 aliphatic heterocycles. The SMILES string of the molecule is CC(C)(C)OC(=O)NCC1CCC(CNC(=O)c2cc(N3CCN(C(=O)CO)CC3)nc3ccccc23)CC1. The third-order valence-corrected chi connectivity index (χ3v) is 7.49. The fraction of sp³-hybridized carbons (Fsp3) is 0.586. The van der Waals surface area contributed by atoms with E-state index in [0.29, 0.717) is 62.5 Å². The number of pyridine rings is 1. The molecule has 10 heteroatoms. The topological polar surface area (TPSA) is 124 Å². The summed E-state index contributed by atoms with van der Waals surface area (Å²) in [7, 11) is 0. The first-order valence-electron chi connectivity index (χ1n) is 13.9. The van der Waals surface area contributed by atoms with Gasteiger partial charge in [-0.2, -0.15) is 0 Å². The number of amides is 3. The van der Waals surface area contributed by atoms with E-state index in [4.69, 9.17) is 14.8 Å². The van der Waals surface area contributed by atoms with Crippen molar-refractivity contribution in [1.82, 2.24) is 20.5 Å². The Kier molecular flexibility index (Phi) is 9.27. The number of rotatable bonds is 7. The fourth-order valence-electron chi connectivity index (χ4n) is 5.31. The van der Waals surface area contributed by atoms with E-state index in [0.717, 1.165) is 36.6 Å². The minimum absolute atomic E-state index is 0.113. The monoisotopic (exact) mass is 539 g/mol. The van der Waals surface area contributed by atoms with Gasteiger partial charge < -0.3 is 30.3 Å². The number of carbonyl (C=O) groups excluding carboxylic acids is 3. The highest BCUT2D eigenvalue weighted by Crippen LogP contribution is 2.29. The number of para-hydroxylation sites is 1. The Bertz CT molecular complexity index is 1160. The maximum Gasteiger partial charge on any atom is 0.407 e. The third-order valence-electron chi connectivity index (χ3n) is 7.49. The zero-order valence-electron chi connectivity index (χ0n) is 23.2. The lowest BCUT2D eigenvalue weighted by Crippen LogP contribution is -2.49. The Labute approximate surface area is 230 Å². The Morgan fingerprint density at radius 2 is 1.59 bits per heavy atom. The Morgan fingerprint density at radius 1 is 0.974 bits per heavy atom. The highest BCUT2D eigenvalue weighted by molar-refractivity contribution is 6.07. The van der Waals surface area contributed by atoms with E-state index in [9.17, 15) is 14.4 Å². The van der Waals surface area contributed by atoms with Crippen LogP contribution in [0, 0.1) is 11.8 Å². The first kappa shape index (κ1) is 28.6. The summed E-state index contributed by atoms with van der Waals surface area (Å²) >= 11 is 0. The zero-order valence-corrected chi connectivity index (χ0v) is 23.2. The number of aliphatic hydroxyl groups is 1. The van der Waals surface area contributed by atoms with Crippen LogP contribution in [0.15, 0.2) is 30.3 Å². The van der Waals surface area contributed by atoms with Crippen LogP contribution in [-0.2, 0) is 9.53 Å². The van der Waals surface area contributed by atoms with Gasteiger partial charge >= 0.3 is 6.09 Å². The number of anilines is 1. The van der Waals surface area contributed by atoms with Gasteiger partial charge in [0.2, 0.25) is 5.91 Å². The lowest BCUT2D eigenvalue weighted by Gasteiger charge is -2.35. The van der Waals surface area contributed by atoms with E-state index in [1.54, 1.807) is 4.90 Å². The second-order valence-electron chi connectivity index (χ2n) is 11.6. The van der Waals surface area contributed by atoms with Crippen molar-refractivity contribution in [2.45, 2.75) is 52.1 Å². The van der Waals surface area contributed by atoms with Gasteiger partial charge in [-0.15, -0.1) is 0 Å². The van der Waals surface area contributed by atoms with Crippen molar-refractivity contribution < 1.29 is 24.2 Å². The van der Waals surface area contributed by atoms with Crippen LogP contribution in [0.25, 0.3) is 10.9 Å². The molecule has 1 saturated carbocycles. The van der Waals surface area contributed by atoms with Crippen LogP contribution in [0.1, 0.15) is 56.8 Å². The summed E-state index contributed by atoms with van der Waals surface area (Å²) in [5, 5.41) is 16.0. The Balaban J connectivity index is 1.32. The van der Waals surface area contributed by atoms with E-state index in [2.05, 4.69) is 15.5 Å². The molecule has 0 spiro atoms. The van der Waals surface area contributed by atoms with Gasteiger partial charge in [0.15, 0.2) is 0 Å². The van der Waals surface area contributed by atoms with Crippen molar-refractivity contribution >= 4 is 34.6 Å². The van der Waals surface area contributed by atoms with E-state index in [-0.39, 0.29) is 17.9 Å². The van der Waals surface area contributed by atoms with Crippen LogP contribution in [0.3, 0.4) is 0 Å².